The lowest BCUT2D eigenvalue weighted by Gasteiger charge is -2.42. The van der Waals surface area contributed by atoms with Gasteiger partial charge in [0.05, 0.1) is 6.04 Å². The molecule has 2 rings (SSSR count). The minimum Gasteiger partial charge on any atom is -0.337 e. The fourth-order valence-electron chi connectivity index (χ4n) is 3.35. The van der Waals surface area contributed by atoms with Gasteiger partial charge in [-0.2, -0.15) is 0 Å². The smallest absolute Gasteiger partial charge is 0.240 e. The lowest BCUT2D eigenvalue weighted by atomic mass is 10.0. The third-order valence-electron chi connectivity index (χ3n) is 4.50. The van der Waals surface area contributed by atoms with Gasteiger partial charge in [0, 0.05) is 19.1 Å². The Balaban J connectivity index is 2.01. The van der Waals surface area contributed by atoms with Crippen LogP contribution in [-0.2, 0) is 4.79 Å². The second-order valence-electron chi connectivity index (χ2n) is 5.75. The van der Waals surface area contributed by atoms with Gasteiger partial charge in [0.2, 0.25) is 5.91 Å². The number of likely N-dealkylation sites (N-methyl/N-ethyl adjacent to an activating group) is 1. The van der Waals surface area contributed by atoms with Crippen LogP contribution in [0.3, 0.4) is 0 Å². The first-order valence-electron chi connectivity index (χ1n) is 7.45. The second kappa shape index (κ2) is 6.53. The maximum atomic E-state index is 12.6. The molecule has 0 aromatic heterocycles. The van der Waals surface area contributed by atoms with E-state index in [1.165, 1.54) is 38.5 Å². The molecule has 2 N–H and O–H groups in total. The molecule has 0 bridgehead atoms. The SMILES string of the molecule is CN1CCN(C2CCCCCC2)C(=O)C1CCN. The molecule has 18 heavy (non-hydrogen) atoms. The van der Waals surface area contributed by atoms with Gasteiger partial charge < -0.3 is 10.6 Å². The summed E-state index contributed by atoms with van der Waals surface area (Å²) in [4.78, 5) is 16.9. The van der Waals surface area contributed by atoms with Crippen molar-refractivity contribution in [1.29, 1.82) is 0 Å². The Hall–Kier alpha value is -0.610. The van der Waals surface area contributed by atoms with E-state index < -0.39 is 0 Å². The number of hydrogen-bond acceptors (Lipinski definition) is 3. The van der Waals surface area contributed by atoms with Crippen molar-refractivity contribution in [3.8, 4) is 0 Å². The van der Waals surface area contributed by atoms with Crippen LogP contribution >= 0.6 is 0 Å². The zero-order valence-corrected chi connectivity index (χ0v) is 11.6. The first kappa shape index (κ1) is 13.8. The van der Waals surface area contributed by atoms with Crippen LogP contribution in [0.4, 0.5) is 0 Å². The first-order valence-corrected chi connectivity index (χ1v) is 7.45. The van der Waals surface area contributed by atoms with Gasteiger partial charge in [-0.3, -0.25) is 9.69 Å². The quantitative estimate of drug-likeness (QED) is 0.769. The highest BCUT2D eigenvalue weighted by Gasteiger charge is 2.35. The van der Waals surface area contributed by atoms with Crippen molar-refractivity contribution in [2.75, 3.05) is 26.7 Å². The molecule has 1 amide bonds. The monoisotopic (exact) mass is 253 g/mol. The van der Waals surface area contributed by atoms with Gasteiger partial charge in [-0.15, -0.1) is 0 Å². The summed E-state index contributed by atoms with van der Waals surface area (Å²) in [5.74, 6) is 0.320. The Labute approximate surface area is 110 Å². The zero-order valence-electron chi connectivity index (χ0n) is 11.6. The van der Waals surface area contributed by atoms with Crippen LogP contribution in [0.1, 0.15) is 44.9 Å². The summed E-state index contributed by atoms with van der Waals surface area (Å²) in [6, 6.07) is 0.515. The number of carbonyl (C=O) groups excluding carboxylic acids is 1. The van der Waals surface area contributed by atoms with Crippen molar-refractivity contribution < 1.29 is 4.79 Å². The number of hydrogen-bond donors (Lipinski definition) is 1. The largest absolute Gasteiger partial charge is 0.337 e. The highest BCUT2D eigenvalue weighted by Crippen LogP contribution is 2.25. The van der Waals surface area contributed by atoms with E-state index in [1.54, 1.807) is 0 Å². The van der Waals surface area contributed by atoms with Crippen LogP contribution < -0.4 is 5.73 Å². The minimum absolute atomic E-state index is 0.0204. The van der Waals surface area contributed by atoms with Crippen molar-refractivity contribution in [2.45, 2.75) is 57.0 Å². The lowest BCUT2D eigenvalue weighted by Crippen LogP contribution is -2.58. The maximum Gasteiger partial charge on any atom is 0.240 e. The Bertz CT molecular complexity index is 274. The summed E-state index contributed by atoms with van der Waals surface area (Å²) >= 11 is 0. The van der Waals surface area contributed by atoms with E-state index in [-0.39, 0.29) is 6.04 Å². The van der Waals surface area contributed by atoms with Gasteiger partial charge in [0.25, 0.3) is 0 Å². The van der Waals surface area contributed by atoms with E-state index in [2.05, 4.69) is 9.80 Å². The average molecular weight is 253 g/mol. The van der Waals surface area contributed by atoms with Gasteiger partial charge in [0.15, 0.2) is 0 Å². The molecule has 0 aromatic rings. The van der Waals surface area contributed by atoms with Crippen LogP contribution in [0.2, 0.25) is 0 Å². The summed E-state index contributed by atoms with van der Waals surface area (Å²) in [6.45, 7) is 2.49. The summed E-state index contributed by atoms with van der Waals surface area (Å²) in [5, 5.41) is 0. The zero-order chi connectivity index (χ0) is 13.0. The van der Waals surface area contributed by atoms with Crippen LogP contribution in [0.25, 0.3) is 0 Å². The number of nitrogens with zero attached hydrogens (tertiary/aromatic N) is 2. The van der Waals surface area contributed by atoms with E-state index in [1.807, 2.05) is 7.05 Å². The van der Waals surface area contributed by atoms with Crippen LogP contribution in [0.5, 0.6) is 0 Å². The molecule has 4 heteroatoms. The van der Waals surface area contributed by atoms with Gasteiger partial charge in [-0.05, 0) is 32.9 Å². The number of rotatable bonds is 3. The standard InChI is InChI=1S/C14H27N3O/c1-16-10-11-17(14(18)13(16)8-9-15)12-6-4-2-3-5-7-12/h12-13H,2-11,15H2,1H3. The van der Waals surface area contributed by atoms with Crippen LogP contribution in [0.15, 0.2) is 0 Å². The van der Waals surface area contributed by atoms with Crippen LogP contribution in [-0.4, -0.2) is 54.5 Å². The number of piperazine rings is 1. The van der Waals surface area contributed by atoms with Gasteiger partial charge >= 0.3 is 0 Å². The molecule has 2 aliphatic rings. The van der Waals surface area contributed by atoms with Crippen LogP contribution in [0, 0.1) is 0 Å². The van der Waals surface area contributed by atoms with Gasteiger partial charge in [-0.1, -0.05) is 25.7 Å². The first-order chi connectivity index (χ1) is 8.74. The molecule has 1 saturated heterocycles. The second-order valence-corrected chi connectivity index (χ2v) is 5.75. The van der Waals surface area contributed by atoms with Crippen molar-refractivity contribution in [1.82, 2.24) is 9.80 Å². The van der Waals surface area contributed by atoms with E-state index in [0.717, 1.165) is 19.5 Å². The summed E-state index contributed by atoms with van der Waals surface area (Å²) in [6.07, 6.45) is 8.43. The van der Waals surface area contributed by atoms with Gasteiger partial charge in [0.1, 0.15) is 0 Å². The fraction of sp³-hybridized carbons (Fsp3) is 0.929. The molecular weight excluding hydrogens is 226 g/mol. The molecule has 1 aliphatic heterocycles. The third-order valence-corrected chi connectivity index (χ3v) is 4.50. The predicted octanol–water partition coefficient (Wildman–Crippen LogP) is 1.20. The summed E-state index contributed by atoms with van der Waals surface area (Å²) in [5.41, 5.74) is 5.64. The Morgan fingerprint density at radius 1 is 1.17 bits per heavy atom. The number of carbonyl (C=O) groups is 1. The van der Waals surface area contributed by atoms with Crippen molar-refractivity contribution >= 4 is 5.91 Å². The predicted molar refractivity (Wildman–Crippen MR) is 73.3 cm³/mol. The Kier molecular flexibility index (Phi) is 5.01. The normalized spacial score (nSPS) is 28.4. The third kappa shape index (κ3) is 3.04. The van der Waals surface area contributed by atoms with Crippen molar-refractivity contribution in [3.05, 3.63) is 0 Å². The van der Waals surface area contributed by atoms with Crippen molar-refractivity contribution in [2.24, 2.45) is 5.73 Å². The molecule has 1 heterocycles. The van der Waals surface area contributed by atoms with E-state index in [0.29, 0.717) is 18.5 Å². The molecule has 0 aromatic carbocycles. The molecule has 2 fully saturated rings. The molecule has 0 radical (unpaired) electrons. The molecule has 1 atom stereocenters. The molecule has 1 saturated carbocycles. The number of amides is 1. The maximum absolute atomic E-state index is 12.6. The van der Waals surface area contributed by atoms with E-state index >= 15 is 0 Å². The molecule has 1 unspecified atom stereocenters. The molecule has 104 valence electrons. The summed E-state index contributed by atoms with van der Waals surface area (Å²) < 4.78 is 0. The molecule has 0 spiro atoms. The van der Waals surface area contributed by atoms with Gasteiger partial charge in [-0.25, -0.2) is 0 Å². The van der Waals surface area contributed by atoms with Crippen molar-refractivity contribution in [3.63, 3.8) is 0 Å². The molecule has 4 nitrogen and oxygen atoms in total. The van der Waals surface area contributed by atoms with E-state index in [4.69, 9.17) is 5.73 Å². The van der Waals surface area contributed by atoms with E-state index in [9.17, 15) is 4.79 Å². The average Bonchev–Trinajstić information content (AvgIpc) is 2.63. The molecule has 1 aliphatic carbocycles. The Morgan fingerprint density at radius 3 is 2.44 bits per heavy atom. The topological polar surface area (TPSA) is 49.6 Å². The molecular formula is C14H27N3O. The fourth-order valence-corrected chi connectivity index (χ4v) is 3.35. The Morgan fingerprint density at radius 2 is 1.83 bits per heavy atom. The minimum atomic E-state index is 0.0204. The highest BCUT2D eigenvalue weighted by atomic mass is 16.2. The highest BCUT2D eigenvalue weighted by molar-refractivity contribution is 5.83. The lowest BCUT2D eigenvalue weighted by molar-refractivity contribution is -0.144. The number of nitrogens with two attached hydrogens (primary N) is 1. The summed E-state index contributed by atoms with van der Waals surface area (Å²) in [7, 11) is 2.04.